The van der Waals surface area contributed by atoms with E-state index in [1.165, 1.54) is 42.6 Å². The molecule has 0 fully saturated rings. The van der Waals surface area contributed by atoms with Crippen LogP contribution in [0.1, 0.15) is 52.4 Å². The lowest BCUT2D eigenvalue weighted by Crippen LogP contribution is -2.12. The van der Waals surface area contributed by atoms with Crippen LogP contribution in [0.25, 0.3) is 10.2 Å². The van der Waals surface area contributed by atoms with Gasteiger partial charge in [0.1, 0.15) is 15.5 Å². The van der Waals surface area contributed by atoms with Gasteiger partial charge in [-0.1, -0.05) is 18.0 Å². The van der Waals surface area contributed by atoms with Crippen LogP contribution in [-0.2, 0) is 12.8 Å². The normalized spacial score (nSPS) is 14.8. The second kappa shape index (κ2) is 6.48. The monoisotopic (exact) mass is 356 g/mol. The summed E-state index contributed by atoms with van der Waals surface area (Å²) in [4.78, 5) is 18.7. The highest BCUT2D eigenvalue weighted by atomic mass is 32.1. The number of hydrogen-bond acceptors (Lipinski definition) is 6. The van der Waals surface area contributed by atoms with Gasteiger partial charge in [-0.2, -0.15) is 0 Å². The number of anilines is 2. The fourth-order valence-electron chi connectivity index (χ4n) is 3.28. The average Bonchev–Trinajstić information content (AvgIpc) is 3.11. The van der Waals surface area contributed by atoms with E-state index >= 15 is 0 Å². The Balaban J connectivity index is 1.70. The summed E-state index contributed by atoms with van der Waals surface area (Å²) in [7, 11) is 0. The minimum absolute atomic E-state index is 0.277. The van der Waals surface area contributed by atoms with Gasteiger partial charge in [-0.25, -0.2) is 4.98 Å². The van der Waals surface area contributed by atoms with E-state index in [-0.39, 0.29) is 5.91 Å². The van der Waals surface area contributed by atoms with Crippen molar-refractivity contribution in [3.8, 4) is 0 Å². The molecule has 0 spiro atoms. The van der Waals surface area contributed by atoms with Crippen molar-refractivity contribution >= 4 is 39.0 Å². The summed E-state index contributed by atoms with van der Waals surface area (Å²) in [6.07, 6.45) is 6.92. The summed E-state index contributed by atoms with van der Waals surface area (Å²) in [6, 6.07) is 3.80. The number of carbonyl (C=O) groups is 1. The summed E-state index contributed by atoms with van der Waals surface area (Å²) in [5, 5.41) is 7.40. The third-order valence-electron chi connectivity index (χ3n) is 4.58. The molecule has 3 aromatic heterocycles. The number of aryl methyl sites for hydroxylation is 3. The fraction of sp³-hybridized carbons (Fsp3) is 0.389. The van der Waals surface area contributed by atoms with Gasteiger partial charge in [-0.3, -0.25) is 4.79 Å². The van der Waals surface area contributed by atoms with E-state index < -0.39 is 0 Å². The predicted octanol–water partition coefficient (Wildman–Crippen LogP) is 4.09. The van der Waals surface area contributed by atoms with E-state index in [2.05, 4.69) is 16.5 Å². The van der Waals surface area contributed by atoms with Crippen molar-refractivity contribution in [2.45, 2.75) is 45.4 Å². The number of nitrogens with two attached hydrogens (primary N) is 1. The second-order valence-electron chi connectivity index (χ2n) is 6.48. The van der Waals surface area contributed by atoms with E-state index in [1.54, 1.807) is 13.0 Å². The summed E-state index contributed by atoms with van der Waals surface area (Å²) >= 11 is 1.34. The number of amides is 1. The molecule has 7 heteroatoms. The molecule has 0 aromatic carbocycles. The van der Waals surface area contributed by atoms with E-state index in [0.29, 0.717) is 22.1 Å². The van der Waals surface area contributed by atoms with E-state index in [4.69, 9.17) is 15.2 Å². The lowest BCUT2D eigenvalue weighted by Gasteiger charge is -2.12. The Labute approximate surface area is 149 Å². The Hall–Kier alpha value is -2.41. The zero-order valence-electron chi connectivity index (χ0n) is 14.1. The van der Waals surface area contributed by atoms with Crippen molar-refractivity contribution in [1.82, 2.24) is 10.1 Å². The molecule has 0 bridgehead atoms. The average molecular weight is 356 g/mol. The topological polar surface area (TPSA) is 94.0 Å². The number of nitrogen functional groups attached to an aromatic ring is 1. The zero-order valence-corrected chi connectivity index (χ0v) is 14.9. The molecule has 130 valence electrons. The molecular formula is C18H20N4O2S. The maximum atomic E-state index is 12.6. The van der Waals surface area contributed by atoms with Crippen molar-refractivity contribution in [2.24, 2.45) is 0 Å². The molecule has 0 atom stereocenters. The van der Waals surface area contributed by atoms with Gasteiger partial charge in [0.15, 0.2) is 5.82 Å². The maximum absolute atomic E-state index is 12.6. The number of nitrogens with zero attached hydrogens (tertiary/aromatic N) is 2. The lowest BCUT2D eigenvalue weighted by atomic mass is 9.96. The molecule has 0 unspecified atom stereocenters. The molecular weight excluding hydrogens is 336 g/mol. The summed E-state index contributed by atoms with van der Waals surface area (Å²) < 4.78 is 4.98. The first-order valence-corrected chi connectivity index (χ1v) is 9.39. The van der Waals surface area contributed by atoms with Crippen molar-refractivity contribution in [2.75, 3.05) is 11.1 Å². The number of pyridine rings is 1. The van der Waals surface area contributed by atoms with Gasteiger partial charge < -0.3 is 15.6 Å². The van der Waals surface area contributed by atoms with Gasteiger partial charge in [0, 0.05) is 17.1 Å². The van der Waals surface area contributed by atoms with Crippen molar-refractivity contribution in [1.29, 1.82) is 0 Å². The number of fused-ring (bicyclic) bond motifs is 2. The van der Waals surface area contributed by atoms with Crippen LogP contribution in [0.5, 0.6) is 0 Å². The fourth-order valence-corrected chi connectivity index (χ4v) is 4.27. The number of carbonyl (C=O) groups excluding carboxylic acids is 1. The van der Waals surface area contributed by atoms with Gasteiger partial charge in [0.05, 0.1) is 5.69 Å². The van der Waals surface area contributed by atoms with E-state index in [0.717, 1.165) is 28.8 Å². The van der Waals surface area contributed by atoms with Gasteiger partial charge >= 0.3 is 0 Å². The highest BCUT2D eigenvalue weighted by Gasteiger charge is 2.20. The lowest BCUT2D eigenvalue weighted by molar-refractivity contribution is 0.103. The highest BCUT2D eigenvalue weighted by molar-refractivity contribution is 7.21. The summed E-state index contributed by atoms with van der Waals surface area (Å²) in [6.45, 7) is 1.77. The van der Waals surface area contributed by atoms with Crippen LogP contribution in [0.15, 0.2) is 16.7 Å². The van der Waals surface area contributed by atoms with Crippen LogP contribution >= 0.6 is 11.3 Å². The third kappa shape index (κ3) is 3.11. The van der Waals surface area contributed by atoms with Crippen LogP contribution in [0, 0.1) is 6.92 Å². The molecule has 3 aromatic rings. The molecule has 1 aliphatic carbocycles. The number of hydrogen-bond donors (Lipinski definition) is 2. The van der Waals surface area contributed by atoms with Crippen LogP contribution in [0.4, 0.5) is 11.5 Å². The van der Waals surface area contributed by atoms with Crippen LogP contribution < -0.4 is 11.1 Å². The molecule has 0 saturated carbocycles. The standard InChI is InChI=1S/C18H20N4O2S/c1-10-8-14(22-24-10)21-17(23)16-15(19)12-9-11-6-4-2-3-5-7-13(11)20-18(12)25-16/h8-9H,2-7,19H2,1H3,(H,21,22,23). The minimum atomic E-state index is -0.277. The number of aromatic nitrogens is 2. The molecule has 3 heterocycles. The first-order valence-electron chi connectivity index (χ1n) is 8.57. The first kappa shape index (κ1) is 16.1. The summed E-state index contributed by atoms with van der Waals surface area (Å²) in [5.41, 5.74) is 9.20. The molecule has 1 amide bonds. The van der Waals surface area contributed by atoms with Gasteiger partial charge in [0.25, 0.3) is 5.91 Å². The third-order valence-corrected chi connectivity index (χ3v) is 5.69. The molecule has 0 aliphatic heterocycles. The van der Waals surface area contributed by atoms with Crippen molar-refractivity contribution < 1.29 is 9.32 Å². The Morgan fingerprint density at radius 3 is 2.80 bits per heavy atom. The predicted molar refractivity (Wildman–Crippen MR) is 99.1 cm³/mol. The molecule has 3 N–H and O–H groups in total. The van der Waals surface area contributed by atoms with Crippen LogP contribution in [0.3, 0.4) is 0 Å². The Morgan fingerprint density at radius 2 is 2.04 bits per heavy atom. The Morgan fingerprint density at radius 1 is 1.24 bits per heavy atom. The molecule has 1 aliphatic rings. The molecule has 25 heavy (non-hydrogen) atoms. The first-order chi connectivity index (χ1) is 12.1. The van der Waals surface area contributed by atoms with E-state index in [9.17, 15) is 4.79 Å². The number of rotatable bonds is 2. The summed E-state index contributed by atoms with van der Waals surface area (Å²) in [5.74, 6) is 0.752. The van der Waals surface area contributed by atoms with Crippen molar-refractivity contribution in [3.05, 3.63) is 34.0 Å². The maximum Gasteiger partial charge on any atom is 0.269 e. The molecule has 4 rings (SSSR count). The van der Waals surface area contributed by atoms with Crippen LogP contribution in [0.2, 0.25) is 0 Å². The van der Waals surface area contributed by atoms with Gasteiger partial charge in [-0.15, -0.1) is 11.3 Å². The van der Waals surface area contributed by atoms with Crippen molar-refractivity contribution in [3.63, 3.8) is 0 Å². The van der Waals surface area contributed by atoms with Gasteiger partial charge in [-0.05, 0) is 44.2 Å². The zero-order chi connectivity index (χ0) is 17.4. The second-order valence-corrected chi connectivity index (χ2v) is 7.48. The minimum Gasteiger partial charge on any atom is -0.397 e. The highest BCUT2D eigenvalue weighted by Crippen LogP contribution is 2.35. The SMILES string of the molecule is Cc1cc(NC(=O)c2sc3nc4c(cc3c2N)CCCCCC4)no1. The van der Waals surface area contributed by atoms with Gasteiger partial charge in [0.2, 0.25) is 0 Å². The Kier molecular flexibility index (Phi) is 4.17. The number of thiophene rings is 1. The molecule has 6 nitrogen and oxygen atoms in total. The largest absolute Gasteiger partial charge is 0.397 e. The molecule has 0 saturated heterocycles. The number of nitrogens with one attached hydrogen (secondary N) is 1. The Bertz CT molecular complexity index is 944. The smallest absolute Gasteiger partial charge is 0.269 e. The van der Waals surface area contributed by atoms with E-state index in [1.807, 2.05) is 0 Å². The van der Waals surface area contributed by atoms with Crippen LogP contribution in [-0.4, -0.2) is 16.0 Å². The molecule has 0 radical (unpaired) electrons. The quantitative estimate of drug-likeness (QED) is 0.721.